The molecule has 0 spiro atoms. The van der Waals surface area contributed by atoms with Gasteiger partial charge in [0, 0.05) is 4.90 Å². The van der Waals surface area contributed by atoms with Crippen LogP contribution in [0.5, 0.6) is 0 Å². The summed E-state index contributed by atoms with van der Waals surface area (Å²) in [6.07, 6.45) is 1.95. The van der Waals surface area contributed by atoms with Crippen molar-refractivity contribution >= 4 is 34.7 Å². The molecule has 0 aliphatic rings. The molecule has 0 aliphatic carbocycles. The largest absolute Gasteiger partial charge is 0.345 e. The Kier molecular flexibility index (Phi) is 4.68. The van der Waals surface area contributed by atoms with Crippen molar-refractivity contribution in [1.82, 2.24) is 25.1 Å². The number of thiophene rings is 1. The molecule has 130 valence electrons. The van der Waals surface area contributed by atoms with Gasteiger partial charge in [-0.15, -0.1) is 33.3 Å². The molecular formula is C18H15N5OS2. The molecule has 3 heterocycles. The van der Waals surface area contributed by atoms with Gasteiger partial charge in [-0.2, -0.15) is 9.61 Å². The Morgan fingerprint density at radius 2 is 2.04 bits per heavy atom. The van der Waals surface area contributed by atoms with Gasteiger partial charge in [0.15, 0.2) is 11.5 Å². The van der Waals surface area contributed by atoms with Crippen LogP contribution in [0.15, 0.2) is 58.8 Å². The van der Waals surface area contributed by atoms with Gasteiger partial charge in [-0.3, -0.25) is 4.79 Å². The van der Waals surface area contributed by atoms with E-state index in [1.165, 1.54) is 0 Å². The van der Waals surface area contributed by atoms with Gasteiger partial charge in [-0.05, 0) is 42.0 Å². The number of hydrogen-bond donors (Lipinski definition) is 1. The first-order valence-electron chi connectivity index (χ1n) is 7.92. The van der Waals surface area contributed by atoms with Crippen LogP contribution in [0.2, 0.25) is 0 Å². The third-order valence-electron chi connectivity index (χ3n) is 3.86. The molecule has 0 unspecified atom stereocenters. The summed E-state index contributed by atoms with van der Waals surface area (Å²) in [4.78, 5) is 14.5. The lowest BCUT2D eigenvalue weighted by molar-refractivity contribution is 0.0946. The van der Waals surface area contributed by atoms with Gasteiger partial charge in [0.2, 0.25) is 0 Å². The number of amides is 1. The molecule has 0 aliphatic heterocycles. The maximum Gasteiger partial charge on any atom is 0.252 e. The molecule has 1 amide bonds. The maximum atomic E-state index is 12.5. The van der Waals surface area contributed by atoms with E-state index in [4.69, 9.17) is 0 Å². The second-order valence-corrected chi connectivity index (χ2v) is 7.26. The van der Waals surface area contributed by atoms with E-state index in [-0.39, 0.29) is 12.5 Å². The lowest BCUT2D eigenvalue weighted by atomic mass is 10.2. The smallest absolute Gasteiger partial charge is 0.252 e. The average Bonchev–Trinajstić information content (AvgIpc) is 3.35. The van der Waals surface area contributed by atoms with Gasteiger partial charge < -0.3 is 5.32 Å². The zero-order valence-electron chi connectivity index (χ0n) is 13.9. The first kappa shape index (κ1) is 16.7. The SMILES string of the molecule is CSc1ccccc1C(=O)NCc1nnc2ccc(-c3cccs3)nn12. The van der Waals surface area contributed by atoms with E-state index in [2.05, 4.69) is 20.6 Å². The van der Waals surface area contributed by atoms with Gasteiger partial charge in [-0.25, -0.2) is 0 Å². The van der Waals surface area contributed by atoms with Crippen LogP contribution in [0.25, 0.3) is 16.2 Å². The molecule has 0 atom stereocenters. The number of benzene rings is 1. The molecule has 0 radical (unpaired) electrons. The third kappa shape index (κ3) is 3.21. The molecule has 0 saturated heterocycles. The summed E-state index contributed by atoms with van der Waals surface area (Å²) in [5, 5.41) is 17.8. The van der Waals surface area contributed by atoms with Gasteiger partial charge in [0.1, 0.15) is 5.69 Å². The van der Waals surface area contributed by atoms with E-state index >= 15 is 0 Å². The summed E-state index contributed by atoms with van der Waals surface area (Å²) in [6, 6.07) is 15.3. The lowest BCUT2D eigenvalue weighted by Crippen LogP contribution is -2.24. The topological polar surface area (TPSA) is 72.2 Å². The number of carbonyl (C=O) groups excluding carboxylic acids is 1. The fourth-order valence-corrected chi connectivity index (χ4v) is 3.87. The average molecular weight is 381 g/mol. The first-order valence-corrected chi connectivity index (χ1v) is 10.0. The zero-order valence-corrected chi connectivity index (χ0v) is 15.5. The minimum Gasteiger partial charge on any atom is -0.345 e. The van der Waals surface area contributed by atoms with E-state index in [1.807, 2.05) is 60.2 Å². The highest BCUT2D eigenvalue weighted by Gasteiger charge is 2.13. The van der Waals surface area contributed by atoms with Crippen molar-refractivity contribution in [2.24, 2.45) is 0 Å². The zero-order chi connectivity index (χ0) is 17.9. The normalized spacial score (nSPS) is 11.0. The van der Waals surface area contributed by atoms with Crippen LogP contribution in [0.4, 0.5) is 0 Å². The number of hydrogen-bond acceptors (Lipinski definition) is 6. The van der Waals surface area contributed by atoms with Crippen molar-refractivity contribution < 1.29 is 4.79 Å². The third-order valence-corrected chi connectivity index (χ3v) is 5.55. The lowest BCUT2D eigenvalue weighted by Gasteiger charge is -2.07. The van der Waals surface area contributed by atoms with E-state index < -0.39 is 0 Å². The van der Waals surface area contributed by atoms with Gasteiger partial charge in [-0.1, -0.05) is 18.2 Å². The van der Waals surface area contributed by atoms with Crippen LogP contribution in [0.1, 0.15) is 16.2 Å². The highest BCUT2D eigenvalue weighted by Crippen LogP contribution is 2.23. The van der Waals surface area contributed by atoms with Gasteiger partial charge >= 0.3 is 0 Å². The Hall–Kier alpha value is -2.71. The van der Waals surface area contributed by atoms with E-state index in [0.717, 1.165) is 15.5 Å². The predicted octanol–water partition coefficient (Wildman–Crippen LogP) is 3.50. The van der Waals surface area contributed by atoms with Crippen LogP contribution in [0.3, 0.4) is 0 Å². The number of aromatic nitrogens is 4. The molecule has 8 heteroatoms. The van der Waals surface area contributed by atoms with Crippen molar-refractivity contribution in [3.05, 3.63) is 65.3 Å². The number of nitrogens with zero attached hydrogens (tertiary/aromatic N) is 4. The Morgan fingerprint density at radius 1 is 1.15 bits per heavy atom. The Bertz CT molecular complexity index is 1060. The number of fused-ring (bicyclic) bond motifs is 1. The van der Waals surface area contributed by atoms with Crippen LogP contribution in [0, 0.1) is 0 Å². The summed E-state index contributed by atoms with van der Waals surface area (Å²) in [5.41, 5.74) is 2.16. The molecule has 0 bridgehead atoms. The van der Waals surface area contributed by atoms with Crippen molar-refractivity contribution in [2.45, 2.75) is 11.4 Å². The van der Waals surface area contributed by atoms with Gasteiger partial charge in [0.25, 0.3) is 5.91 Å². The summed E-state index contributed by atoms with van der Waals surface area (Å²) in [5.74, 6) is 0.453. The fraction of sp³-hybridized carbons (Fsp3) is 0.111. The van der Waals surface area contributed by atoms with Crippen LogP contribution in [-0.2, 0) is 6.54 Å². The molecule has 0 fully saturated rings. The number of rotatable bonds is 5. The molecule has 6 nitrogen and oxygen atoms in total. The van der Waals surface area contributed by atoms with E-state index in [1.54, 1.807) is 27.6 Å². The molecule has 0 saturated carbocycles. The molecule has 1 aromatic carbocycles. The number of nitrogens with one attached hydrogen (secondary N) is 1. The van der Waals surface area contributed by atoms with Crippen LogP contribution < -0.4 is 5.32 Å². The van der Waals surface area contributed by atoms with Crippen molar-refractivity contribution in [3.63, 3.8) is 0 Å². The van der Waals surface area contributed by atoms with Crippen molar-refractivity contribution in [2.75, 3.05) is 6.26 Å². The summed E-state index contributed by atoms with van der Waals surface area (Å²) >= 11 is 3.17. The van der Waals surface area contributed by atoms with Crippen LogP contribution >= 0.6 is 23.1 Å². The molecule has 4 rings (SSSR count). The van der Waals surface area contributed by atoms with E-state index in [9.17, 15) is 4.79 Å². The van der Waals surface area contributed by atoms with Gasteiger partial charge in [0.05, 0.1) is 17.0 Å². The monoisotopic (exact) mass is 381 g/mol. The van der Waals surface area contributed by atoms with E-state index in [0.29, 0.717) is 17.0 Å². The fourth-order valence-electron chi connectivity index (χ4n) is 2.59. The minimum absolute atomic E-state index is 0.138. The Labute approximate surface area is 158 Å². The maximum absolute atomic E-state index is 12.5. The summed E-state index contributed by atoms with van der Waals surface area (Å²) < 4.78 is 1.68. The Balaban J connectivity index is 1.57. The molecular weight excluding hydrogens is 366 g/mol. The highest BCUT2D eigenvalue weighted by molar-refractivity contribution is 7.98. The van der Waals surface area contributed by atoms with Crippen molar-refractivity contribution in [1.29, 1.82) is 0 Å². The molecule has 4 aromatic rings. The quantitative estimate of drug-likeness (QED) is 0.536. The predicted molar refractivity (Wildman–Crippen MR) is 103 cm³/mol. The summed E-state index contributed by atoms with van der Waals surface area (Å²) in [7, 11) is 0. The minimum atomic E-state index is -0.138. The molecule has 1 N–H and O–H groups in total. The Morgan fingerprint density at radius 3 is 2.85 bits per heavy atom. The number of thioether (sulfide) groups is 1. The highest BCUT2D eigenvalue weighted by atomic mass is 32.2. The summed E-state index contributed by atoms with van der Waals surface area (Å²) in [6.45, 7) is 0.254. The molecule has 26 heavy (non-hydrogen) atoms. The number of carbonyl (C=O) groups is 1. The van der Waals surface area contributed by atoms with Crippen molar-refractivity contribution in [3.8, 4) is 10.6 Å². The standard InChI is InChI=1S/C18H15N5OS2/c1-25-14-6-3-2-5-12(14)18(24)19-11-17-21-20-16-9-8-13(22-23(16)17)15-7-4-10-26-15/h2-10H,11H2,1H3,(H,19,24). The first-order chi connectivity index (χ1) is 12.8. The second kappa shape index (κ2) is 7.27. The van der Waals surface area contributed by atoms with Crippen LogP contribution in [-0.4, -0.2) is 32.0 Å². The molecule has 3 aromatic heterocycles. The second-order valence-electron chi connectivity index (χ2n) is 5.47.